The van der Waals surface area contributed by atoms with Crippen molar-refractivity contribution in [3.05, 3.63) is 29.3 Å². The highest BCUT2D eigenvalue weighted by Crippen LogP contribution is 2.35. The van der Waals surface area contributed by atoms with Gasteiger partial charge in [0.05, 0.1) is 12.2 Å². The molecule has 0 saturated carbocycles. The van der Waals surface area contributed by atoms with Gasteiger partial charge in [0.2, 0.25) is 5.91 Å². The minimum atomic E-state index is -0.695. The second-order valence-electron chi connectivity index (χ2n) is 5.80. The Morgan fingerprint density at radius 1 is 1.38 bits per heavy atom. The average Bonchev–Trinajstić information content (AvgIpc) is 2.58. The van der Waals surface area contributed by atoms with Crippen molar-refractivity contribution in [3.8, 4) is 11.5 Å². The number of fused-ring (bicyclic) bond motifs is 1. The lowest BCUT2D eigenvalue weighted by Gasteiger charge is -2.24. The molecule has 1 aromatic rings. The SMILES string of the molecule is CCOc1cccc2c1OCC(C(=O)NC(C(N)=O)C(C)CC)=C2. The first-order chi connectivity index (χ1) is 11.5. The monoisotopic (exact) mass is 332 g/mol. The Morgan fingerprint density at radius 3 is 2.75 bits per heavy atom. The van der Waals surface area contributed by atoms with Crippen LogP contribution in [0, 0.1) is 5.92 Å². The fourth-order valence-electron chi connectivity index (χ4n) is 2.54. The van der Waals surface area contributed by atoms with E-state index in [1.54, 1.807) is 6.08 Å². The maximum Gasteiger partial charge on any atom is 0.251 e. The van der Waals surface area contributed by atoms with Crippen LogP contribution in [0.15, 0.2) is 23.8 Å². The zero-order valence-corrected chi connectivity index (χ0v) is 14.3. The van der Waals surface area contributed by atoms with E-state index in [9.17, 15) is 9.59 Å². The van der Waals surface area contributed by atoms with Crippen LogP contribution in [0.4, 0.5) is 0 Å². The van der Waals surface area contributed by atoms with Gasteiger partial charge in [-0.3, -0.25) is 9.59 Å². The summed E-state index contributed by atoms with van der Waals surface area (Å²) in [6.07, 6.45) is 2.50. The molecule has 2 atom stereocenters. The van der Waals surface area contributed by atoms with Crippen LogP contribution in [0.2, 0.25) is 0 Å². The zero-order chi connectivity index (χ0) is 17.7. The molecular formula is C18H24N2O4. The number of amides is 2. The molecule has 24 heavy (non-hydrogen) atoms. The third-order valence-corrected chi connectivity index (χ3v) is 4.11. The average molecular weight is 332 g/mol. The van der Waals surface area contributed by atoms with Gasteiger partial charge in [-0.05, 0) is 25.0 Å². The molecule has 0 aromatic heterocycles. The molecule has 1 aliphatic heterocycles. The molecule has 6 heteroatoms. The minimum Gasteiger partial charge on any atom is -0.490 e. The number of para-hydroxylation sites is 1. The van der Waals surface area contributed by atoms with E-state index < -0.39 is 11.9 Å². The van der Waals surface area contributed by atoms with E-state index in [2.05, 4.69) is 5.32 Å². The van der Waals surface area contributed by atoms with Crippen molar-refractivity contribution in [2.45, 2.75) is 33.2 Å². The fraction of sp³-hybridized carbons (Fsp3) is 0.444. The summed E-state index contributed by atoms with van der Waals surface area (Å²) in [7, 11) is 0. The van der Waals surface area contributed by atoms with Gasteiger partial charge < -0.3 is 20.5 Å². The summed E-state index contributed by atoms with van der Waals surface area (Å²) in [5.74, 6) is 0.374. The summed E-state index contributed by atoms with van der Waals surface area (Å²) in [6.45, 7) is 6.38. The first-order valence-corrected chi connectivity index (χ1v) is 8.17. The Hall–Kier alpha value is -2.50. The number of hydrogen-bond acceptors (Lipinski definition) is 4. The predicted molar refractivity (Wildman–Crippen MR) is 91.7 cm³/mol. The lowest BCUT2D eigenvalue weighted by Crippen LogP contribution is -2.49. The highest BCUT2D eigenvalue weighted by Gasteiger charge is 2.27. The molecule has 1 aromatic carbocycles. The first-order valence-electron chi connectivity index (χ1n) is 8.17. The quantitative estimate of drug-likeness (QED) is 0.797. The van der Waals surface area contributed by atoms with Crippen LogP contribution in [0.3, 0.4) is 0 Å². The van der Waals surface area contributed by atoms with Crippen LogP contribution >= 0.6 is 0 Å². The molecule has 0 bridgehead atoms. The van der Waals surface area contributed by atoms with E-state index in [0.717, 1.165) is 12.0 Å². The summed E-state index contributed by atoms with van der Waals surface area (Å²) < 4.78 is 11.2. The van der Waals surface area contributed by atoms with Gasteiger partial charge in [-0.25, -0.2) is 0 Å². The molecular weight excluding hydrogens is 308 g/mol. The van der Waals surface area contributed by atoms with Gasteiger partial charge in [0.1, 0.15) is 12.6 Å². The second-order valence-corrected chi connectivity index (χ2v) is 5.80. The van der Waals surface area contributed by atoms with Crippen molar-refractivity contribution in [2.75, 3.05) is 13.2 Å². The minimum absolute atomic E-state index is 0.0339. The molecule has 1 aliphatic rings. The van der Waals surface area contributed by atoms with Gasteiger partial charge in [-0.15, -0.1) is 0 Å². The van der Waals surface area contributed by atoms with Gasteiger partial charge in [-0.1, -0.05) is 32.4 Å². The predicted octanol–water partition coefficient (Wildman–Crippen LogP) is 1.88. The number of hydrogen-bond donors (Lipinski definition) is 2. The summed E-state index contributed by atoms with van der Waals surface area (Å²) in [4.78, 5) is 24.0. The third-order valence-electron chi connectivity index (χ3n) is 4.11. The highest BCUT2D eigenvalue weighted by molar-refractivity contribution is 6.01. The Bertz CT molecular complexity index is 654. The molecule has 1 heterocycles. The summed E-state index contributed by atoms with van der Waals surface area (Å²) >= 11 is 0. The van der Waals surface area contributed by atoms with E-state index in [4.69, 9.17) is 15.2 Å². The molecule has 130 valence electrons. The van der Waals surface area contributed by atoms with Gasteiger partial charge in [-0.2, -0.15) is 0 Å². The number of ether oxygens (including phenoxy) is 2. The number of carbonyl (C=O) groups excluding carboxylic acids is 2. The van der Waals surface area contributed by atoms with Crippen molar-refractivity contribution >= 4 is 17.9 Å². The van der Waals surface area contributed by atoms with Crippen LogP contribution in [-0.4, -0.2) is 31.1 Å². The molecule has 0 radical (unpaired) electrons. The lowest BCUT2D eigenvalue weighted by molar-refractivity contribution is -0.126. The number of rotatable bonds is 7. The molecule has 6 nitrogen and oxygen atoms in total. The van der Waals surface area contributed by atoms with Gasteiger partial charge in [0, 0.05) is 5.56 Å². The van der Waals surface area contributed by atoms with Gasteiger partial charge in [0.15, 0.2) is 11.5 Å². The Morgan fingerprint density at radius 2 is 2.12 bits per heavy atom. The highest BCUT2D eigenvalue weighted by atomic mass is 16.5. The number of nitrogens with two attached hydrogens (primary N) is 1. The Balaban J connectivity index is 2.19. The maximum atomic E-state index is 12.5. The van der Waals surface area contributed by atoms with Crippen LogP contribution in [0.25, 0.3) is 6.08 Å². The molecule has 0 spiro atoms. The van der Waals surface area contributed by atoms with Gasteiger partial charge in [0.25, 0.3) is 5.91 Å². The second kappa shape index (κ2) is 7.86. The van der Waals surface area contributed by atoms with Crippen molar-refractivity contribution in [2.24, 2.45) is 11.7 Å². The van der Waals surface area contributed by atoms with Crippen molar-refractivity contribution in [1.82, 2.24) is 5.32 Å². The third kappa shape index (κ3) is 3.88. The molecule has 3 N–H and O–H groups in total. The van der Waals surface area contributed by atoms with Crippen molar-refractivity contribution in [1.29, 1.82) is 0 Å². The first kappa shape index (κ1) is 17.8. The van der Waals surface area contributed by atoms with E-state index in [-0.39, 0.29) is 18.4 Å². The topological polar surface area (TPSA) is 90.7 Å². The Kier molecular flexibility index (Phi) is 5.84. The van der Waals surface area contributed by atoms with E-state index in [0.29, 0.717) is 23.7 Å². The van der Waals surface area contributed by atoms with Crippen LogP contribution in [0.5, 0.6) is 11.5 Å². The smallest absolute Gasteiger partial charge is 0.251 e. The standard InChI is InChI=1S/C18H24N2O4/c1-4-11(3)15(17(19)21)20-18(22)13-9-12-7-6-8-14(23-5-2)16(12)24-10-13/h6-9,11,15H,4-5,10H2,1-3H3,(H2,19,21)(H,20,22). The van der Waals surface area contributed by atoms with Crippen LogP contribution < -0.4 is 20.5 Å². The summed E-state index contributed by atoms with van der Waals surface area (Å²) in [5.41, 5.74) is 6.62. The number of nitrogens with one attached hydrogen (secondary N) is 1. The van der Waals surface area contributed by atoms with E-state index in [1.165, 1.54) is 0 Å². The lowest BCUT2D eigenvalue weighted by atomic mass is 9.98. The number of carbonyl (C=O) groups is 2. The Labute approximate surface area is 142 Å². The fourth-order valence-corrected chi connectivity index (χ4v) is 2.54. The summed E-state index contributed by atoms with van der Waals surface area (Å²) in [6, 6.07) is 4.83. The molecule has 0 fully saturated rings. The zero-order valence-electron chi connectivity index (χ0n) is 14.3. The van der Waals surface area contributed by atoms with Crippen LogP contribution in [0.1, 0.15) is 32.8 Å². The van der Waals surface area contributed by atoms with E-state index >= 15 is 0 Å². The largest absolute Gasteiger partial charge is 0.490 e. The molecule has 0 saturated heterocycles. The normalized spacial score (nSPS) is 15.4. The molecule has 2 unspecified atom stereocenters. The maximum absolute atomic E-state index is 12.5. The number of benzene rings is 1. The van der Waals surface area contributed by atoms with Gasteiger partial charge >= 0.3 is 0 Å². The molecule has 2 rings (SSSR count). The number of primary amides is 1. The summed E-state index contributed by atoms with van der Waals surface area (Å²) in [5, 5.41) is 2.71. The van der Waals surface area contributed by atoms with Crippen molar-refractivity contribution in [3.63, 3.8) is 0 Å². The van der Waals surface area contributed by atoms with Crippen LogP contribution in [-0.2, 0) is 9.59 Å². The van der Waals surface area contributed by atoms with E-state index in [1.807, 2.05) is 39.0 Å². The van der Waals surface area contributed by atoms with Crippen molar-refractivity contribution < 1.29 is 19.1 Å². The molecule has 2 amide bonds. The molecule has 0 aliphatic carbocycles.